The topological polar surface area (TPSA) is 134 Å². The van der Waals surface area contributed by atoms with E-state index in [1.165, 1.54) is 30.4 Å². The zero-order valence-corrected chi connectivity index (χ0v) is 25.5. The Morgan fingerprint density at radius 3 is 2.61 bits per heavy atom. The van der Waals surface area contributed by atoms with E-state index in [-0.39, 0.29) is 28.3 Å². The monoisotopic (exact) mass is 598 g/mol. The van der Waals surface area contributed by atoms with Gasteiger partial charge in [-0.15, -0.1) is 0 Å². The van der Waals surface area contributed by atoms with Crippen LogP contribution in [-0.4, -0.2) is 68.5 Å². The van der Waals surface area contributed by atoms with E-state index in [0.29, 0.717) is 46.1 Å². The zero-order chi connectivity index (χ0) is 29.6. The molecule has 3 aromatic rings. The standard InChI is InChI=1S/C28H34N6O5S2/c1-15-25(40-28(30-15)32-22-8-7-9-23(31-22)33(5)26(35)17(3)39-6)19-12-20-14-34(16(2)18-10-11-18)27(36)24(20)21(13-19)41(37,38)29-4/h7-9,12-13,16-18,29H,10-11,14H2,1-6H3,(H,30,31,32)/t16-,17+/m0/s1. The van der Waals surface area contributed by atoms with Gasteiger partial charge >= 0.3 is 0 Å². The molecule has 5 rings (SSSR count). The number of benzene rings is 1. The van der Waals surface area contributed by atoms with Crippen LogP contribution in [0, 0.1) is 12.8 Å². The largest absolute Gasteiger partial charge is 0.372 e. The predicted octanol–water partition coefficient (Wildman–Crippen LogP) is 3.92. The molecule has 1 aromatic carbocycles. The van der Waals surface area contributed by atoms with Crippen molar-refractivity contribution in [1.82, 2.24) is 19.6 Å². The molecule has 41 heavy (non-hydrogen) atoms. The molecular formula is C28H34N6O5S2. The van der Waals surface area contributed by atoms with Crippen LogP contribution in [0.4, 0.5) is 16.8 Å². The summed E-state index contributed by atoms with van der Waals surface area (Å²) in [4.78, 5) is 39.1. The first-order valence-corrected chi connectivity index (χ1v) is 15.7. The number of ether oxygens (including phenoxy) is 1. The normalized spacial score (nSPS) is 16.4. The second-order valence-corrected chi connectivity index (χ2v) is 13.3. The number of pyridine rings is 1. The van der Waals surface area contributed by atoms with Gasteiger partial charge in [-0.05, 0) is 82.0 Å². The van der Waals surface area contributed by atoms with Crippen molar-refractivity contribution in [2.75, 3.05) is 31.4 Å². The van der Waals surface area contributed by atoms with Crippen molar-refractivity contribution < 1.29 is 22.7 Å². The summed E-state index contributed by atoms with van der Waals surface area (Å²) in [6.45, 7) is 5.94. The van der Waals surface area contributed by atoms with Gasteiger partial charge in [-0.3, -0.25) is 14.5 Å². The number of fused-ring (bicyclic) bond motifs is 1. The van der Waals surface area contributed by atoms with E-state index >= 15 is 0 Å². The molecule has 3 heterocycles. The molecule has 2 atom stereocenters. The lowest BCUT2D eigenvalue weighted by atomic mass is 10.0. The van der Waals surface area contributed by atoms with Crippen molar-refractivity contribution in [3.8, 4) is 10.4 Å². The van der Waals surface area contributed by atoms with Crippen molar-refractivity contribution in [2.45, 2.75) is 57.2 Å². The van der Waals surface area contributed by atoms with Crippen LogP contribution in [-0.2, 0) is 26.1 Å². The lowest BCUT2D eigenvalue weighted by molar-refractivity contribution is -0.127. The Bertz CT molecular complexity index is 1620. The maximum atomic E-state index is 13.4. The molecule has 2 aliphatic rings. The Kier molecular flexibility index (Phi) is 7.90. The van der Waals surface area contributed by atoms with E-state index in [0.717, 1.165) is 17.7 Å². The summed E-state index contributed by atoms with van der Waals surface area (Å²) in [7, 11) is 0.558. The van der Waals surface area contributed by atoms with Gasteiger partial charge in [0.2, 0.25) is 10.0 Å². The molecule has 0 saturated heterocycles. The highest BCUT2D eigenvalue weighted by atomic mass is 32.2. The molecule has 2 N–H and O–H groups in total. The summed E-state index contributed by atoms with van der Waals surface area (Å²) >= 11 is 1.36. The first-order chi connectivity index (χ1) is 19.4. The van der Waals surface area contributed by atoms with Crippen LogP contribution < -0.4 is 14.9 Å². The molecule has 0 bridgehead atoms. The van der Waals surface area contributed by atoms with Crippen LogP contribution in [0.2, 0.25) is 0 Å². The van der Waals surface area contributed by atoms with Crippen molar-refractivity contribution in [3.05, 3.63) is 47.2 Å². The Balaban J connectivity index is 1.47. The molecule has 2 amide bonds. The van der Waals surface area contributed by atoms with Crippen LogP contribution in [0.1, 0.15) is 48.3 Å². The van der Waals surface area contributed by atoms with Gasteiger partial charge in [0.05, 0.1) is 21.0 Å². The number of rotatable bonds is 10. The van der Waals surface area contributed by atoms with Gasteiger partial charge in [0.1, 0.15) is 17.7 Å². The molecule has 0 unspecified atom stereocenters. The molecule has 1 fully saturated rings. The minimum Gasteiger partial charge on any atom is -0.372 e. The van der Waals surface area contributed by atoms with Crippen molar-refractivity contribution >= 4 is 49.9 Å². The molecule has 1 aliphatic carbocycles. The zero-order valence-electron chi connectivity index (χ0n) is 23.9. The quantitative estimate of drug-likeness (QED) is 0.359. The second kappa shape index (κ2) is 11.1. The van der Waals surface area contributed by atoms with Gasteiger partial charge in [-0.1, -0.05) is 17.4 Å². The minimum absolute atomic E-state index is 0.0161. The third-order valence-corrected chi connectivity index (χ3v) is 10.3. The van der Waals surface area contributed by atoms with Crippen molar-refractivity contribution in [3.63, 3.8) is 0 Å². The Morgan fingerprint density at radius 2 is 1.95 bits per heavy atom. The smallest absolute Gasteiger partial charge is 0.256 e. The van der Waals surface area contributed by atoms with Crippen molar-refractivity contribution in [1.29, 1.82) is 0 Å². The van der Waals surface area contributed by atoms with Crippen molar-refractivity contribution in [2.24, 2.45) is 5.92 Å². The Morgan fingerprint density at radius 1 is 1.22 bits per heavy atom. The summed E-state index contributed by atoms with van der Waals surface area (Å²) in [6.07, 6.45) is 1.56. The average molecular weight is 599 g/mol. The molecular weight excluding hydrogens is 564 g/mol. The fourth-order valence-corrected chi connectivity index (χ4v) is 7.00. The lowest BCUT2D eigenvalue weighted by Crippen LogP contribution is -2.36. The van der Waals surface area contributed by atoms with E-state index in [4.69, 9.17) is 4.74 Å². The molecule has 0 spiro atoms. The lowest BCUT2D eigenvalue weighted by Gasteiger charge is -2.24. The van der Waals surface area contributed by atoms with Gasteiger partial charge < -0.3 is 15.0 Å². The molecule has 218 valence electrons. The number of methoxy groups -OCH3 is 1. The number of carbonyl (C=O) groups excluding carboxylic acids is 2. The minimum atomic E-state index is -3.90. The maximum Gasteiger partial charge on any atom is 0.256 e. The number of nitrogens with one attached hydrogen (secondary N) is 2. The number of aryl methyl sites for hydroxylation is 1. The highest BCUT2D eigenvalue weighted by Crippen LogP contribution is 2.42. The van der Waals surface area contributed by atoms with E-state index in [2.05, 4.69) is 20.0 Å². The molecule has 11 nitrogen and oxygen atoms in total. The number of carbonyl (C=O) groups is 2. The van der Waals surface area contributed by atoms with Crippen LogP contribution in [0.25, 0.3) is 10.4 Å². The van der Waals surface area contributed by atoms with Gasteiger partial charge in [-0.25, -0.2) is 23.1 Å². The number of sulfonamides is 1. The molecule has 0 radical (unpaired) electrons. The molecule has 2 aromatic heterocycles. The van der Waals surface area contributed by atoms with Gasteiger partial charge in [0, 0.05) is 26.7 Å². The first kappa shape index (κ1) is 29.1. The SMILES string of the molecule is CNS(=O)(=O)c1cc(-c2sc(Nc3cccc(N(C)C(=O)[C@@H](C)OC)n3)nc2C)cc2c1C(=O)N([C@@H](C)C1CC1)C2. The Labute approximate surface area is 244 Å². The van der Waals surface area contributed by atoms with E-state index in [9.17, 15) is 18.0 Å². The van der Waals surface area contributed by atoms with Gasteiger partial charge in [0.15, 0.2) is 5.13 Å². The van der Waals surface area contributed by atoms with Crippen LogP contribution in [0.5, 0.6) is 0 Å². The third-order valence-electron chi connectivity index (χ3n) is 7.76. The van der Waals surface area contributed by atoms with E-state index in [1.54, 1.807) is 43.1 Å². The van der Waals surface area contributed by atoms with Gasteiger partial charge in [0.25, 0.3) is 11.8 Å². The van der Waals surface area contributed by atoms with Gasteiger partial charge in [-0.2, -0.15) is 0 Å². The Hall–Kier alpha value is -3.39. The summed E-state index contributed by atoms with van der Waals surface area (Å²) in [6, 6.07) is 8.81. The first-order valence-electron chi connectivity index (χ1n) is 13.4. The summed E-state index contributed by atoms with van der Waals surface area (Å²) in [5.41, 5.74) is 2.33. The number of hydrogen-bond donors (Lipinski definition) is 2. The highest BCUT2D eigenvalue weighted by Gasteiger charge is 2.41. The summed E-state index contributed by atoms with van der Waals surface area (Å²) in [5, 5.41) is 3.76. The maximum absolute atomic E-state index is 13.4. The fraction of sp³-hybridized carbons (Fsp3) is 0.429. The second-order valence-electron chi connectivity index (χ2n) is 10.4. The summed E-state index contributed by atoms with van der Waals surface area (Å²) < 4.78 is 33.7. The molecule has 1 saturated carbocycles. The number of hydrogen-bond acceptors (Lipinski definition) is 9. The van der Waals surface area contributed by atoms with Crippen LogP contribution >= 0.6 is 11.3 Å². The third kappa shape index (κ3) is 5.59. The van der Waals surface area contributed by atoms with Crippen LogP contribution in [0.15, 0.2) is 35.2 Å². The highest BCUT2D eigenvalue weighted by molar-refractivity contribution is 7.89. The molecule has 1 aliphatic heterocycles. The predicted molar refractivity (Wildman–Crippen MR) is 158 cm³/mol. The number of amides is 2. The van der Waals surface area contributed by atoms with E-state index < -0.39 is 16.1 Å². The fourth-order valence-electron chi connectivity index (χ4n) is 5.05. The average Bonchev–Trinajstić information content (AvgIpc) is 3.68. The summed E-state index contributed by atoms with van der Waals surface area (Å²) in [5.74, 6) is 0.945. The number of aromatic nitrogens is 2. The molecule has 13 heteroatoms. The van der Waals surface area contributed by atoms with Crippen LogP contribution in [0.3, 0.4) is 0 Å². The number of nitrogens with zero attached hydrogens (tertiary/aromatic N) is 4. The number of anilines is 3. The number of thiazole rings is 1. The van der Waals surface area contributed by atoms with E-state index in [1.807, 2.05) is 19.9 Å². The number of likely N-dealkylation sites (N-methyl/N-ethyl adjacent to an activating group) is 1.